The van der Waals surface area contributed by atoms with Crippen molar-refractivity contribution >= 4 is 0 Å². The van der Waals surface area contributed by atoms with Crippen LogP contribution in [0.5, 0.6) is 0 Å². The Morgan fingerprint density at radius 1 is 1.33 bits per heavy atom. The Balaban J connectivity index is 2.94. The van der Waals surface area contributed by atoms with Gasteiger partial charge in [0.25, 0.3) is 0 Å². The smallest absolute Gasteiger partial charge is 0.126 e. The van der Waals surface area contributed by atoms with Crippen LogP contribution in [0.15, 0.2) is 18.2 Å². The molecule has 0 bridgehead atoms. The summed E-state index contributed by atoms with van der Waals surface area (Å²) in [6.07, 6.45) is 0.119. The number of benzene rings is 1. The third-order valence-corrected chi connectivity index (χ3v) is 2.80. The minimum atomic E-state index is -1.02. The number of aliphatic hydroxyl groups is 1. The van der Waals surface area contributed by atoms with Crippen LogP contribution in [0, 0.1) is 17.6 Å². The molecule has 3 heteroatoms. The molecule has 0 fully saturated rings. The van der Waals surface area contributed by atoms with Gasteiger partial charge in [-0.25, -0.2) is 8.78 Å². The van der Waals surface area contributed by atoms with Gasteiger partial charge in [-0.2, -0.15) is 0 Å². The zero-order valence-corrected chi connectivity index (χ0v) is 9.22. The second kappa shape index (κ2) is 4.27. The van der Waals surface area contributed by atoms with Gasteiger partial charge in [0.05, 0.1) is 5.60 Å². The molecule has 0 aliphatic heterocycles. The molecule has 1 nitrogen and oxygen atoms in total. The third-order valence-electron chi connectivity index (χ3n) is 2.80. The van der Waals surface area contributed by atoms with E-state index in [2.05, 4.69) is 0 Å². The predicted molar refractivity (Wildman–Crippen MR) is 55.5 cm³/mol. The molecule has 0 amide bonds. The molecule has 1 N–H and O–H groups in total. The van der Waals surface area contributed by atoms with Crippen molar-refractivity contribution in [1.82, 2.24) is 0 Å². The molecule has 1 unspecified atom stereocenters. The first kappa shape index (κ1) is 12.1. The molecule has 1 aromatic carbocycles. The first-order chi connectivity index (χ1) is 6.83. The zero-order chi connectivity index (χ0) is 11.6. The first-order valence-corrected chi connectivity index (χ1v) is 4.99. The predicted octanol–water partition coefficient (Wildman–Crippen LogP) is 2.91. The van der Waals surface area contributed by atoms with Crippen molar-refractivity contribution in [2.75, 3.05) is 0 Å². The third kappa shape index (κ3) is 2.99. The van der Waals surface area contributed by atoms with Crippen LogP contribution in [0.25, 0.3) is 0 Å². The molecular formula is C12H16F2O. The van der Waals surface area contributed by atoms with Crippen molar-refractivity contribution in [2.45, 2.75) is 32.8 Å². The Labute approximate surface area is 88.7 Å². The van der Waals surface area contributed by atoms with E-state index in [1.54, 1.807) is 6.92 Å². The van der Waals surface area contributed by atoms with Crippen molar-refractivity contribution in [3.8, 4) is 0 Å². The molecule has 0 heterocycles. The maximum Gasteiger partial charge on any atom is 0.126 e. The van der Waals surface area contributed by atoms with E-state index in [0.717, 1.165) is 18.2 Å². The molecule has 15 heavy (non-hydrogen) atoms. The van der Waals surface area contributed by atoms with Gasteiger partial charge in [-0.15, -0.1) is 0 Å². The summed E-state index contributed by atoms with van der Waals surface area (Å²) in [6.45, 7) is 5.32. The molecule has 0 aromatic heterocycles. The van der Waals surface area contributed by atoms with Crippen LogP contribution >= 0.6 is 0 Å². The lowest BCUT2D eigenvalue weighted by Gasteiger charge is -2.27. The first-order valence-electron chi connectivity index (χ1n) is 4.99. The monoisotopic (exact) mass is 214 g/mol. The van der Waals surface area contributed by atoms with Gasteiger partial charge in [0.15, 0.2) is 0 Å². The van der Waals surface area contributed by atoms with Crippen molar-refractivity contribution in [3.05, 3.63) is 35.4 Å². The van der Waals surface area contributed by atoms with Crippen LogP contribution in [0.3, 0.4) is 0 Å². The lowest BCUT2D eigenvalue weighted by atomic mass is 9.86. The van der Waals surface area contributed by atoms with E-state index < -0.39 is 17.2 Å². The van der Waals surface area contributed by atoms with Crippen molar-refractivity contribution < 1.29 is 13.9 Å². The molecule has 0 saturated heterocycles. The molecular weight excluding hydrogens is 198 g/mol. The van der Waals surface area contributed by atoms with Crippen LogP contribution < -0.4 is 0 Å². The zero-order valence-electron chi connectivity index (χ0n) is 9.22. The van der Waals surface area contributed by atoms with Crippen molar-refractivity contribution in [3.63, 3.8) is 0 Å². The summed E-state index contributed by atoms with van der Waals surface area (Å²) < 4.78 is 26.2. The van der Waals surface area contributed by atoms with Gasteiger partial charge in [-0.05, 0) is 36.6 Å². The molecule has 1 aromatic rings. The van der Waals surface area contributed by atoms with Crippen LogP contribution in [-0.4, -0.2) is 10.7 Å². The highest BCUT2D eigenvalue weighted by Gasteiger charge is 2.26. The van der Waals surface area contributed by atoms with Gasteiger partial charge in [-0.3, -0.25) is 0 Å². The molecule has 1 atom stereocenters. The van der Waals surface area contributed by atoms with Crippen LogP contribution in [-0.2, 0) is 6.42 Å². The standard InChI is InChI=1S/C12H16F2O/c1-8(2)12(3,15)7-9-6-10(13)4-5-11(9)14/h4-6,8,15H,7H2,1-3H3. The molecule has 1 rings (SSSR count). The Kier molecular flexibility index (Phi) is 3.45. The number of rotatable bonds is 3. The Morgan fingerprint density at radius 3 is 2.47 bits per heavy atom. The topological polar surface area (TPSA) is 20.2 Å². The molecule has 0 radical (unpaired) electrons. The van der Waals surface area contributed by atoms with E-state index in [0.29, 0.717) is 0 Å². The fourth-order valence-corrected chi connectivity index (χ4v) is 1.27. The summed E-state index contributed by atoms with van der Waals surface area (Å²) in [4.78, 5) is 0. The normalized spacial score (nSPS) is 15.4. The summed E-state index contributed by atoms with van der Waals surface area (Å²) in [6, 6.07) is 3.29. The fraction of sp³-hybridized carbons (Fsp3) is 0.500. The second-order valence-electron chi connectivity index (χ2n) is 4.42. The van der Waals surface area contributed by atoms with E-state index in [1.807, 2.05) is 13.8 Å². The van der Waals surface area contributed by atoms with Crippen molar-refractivity contribution in [2.24, 2.45) is 5.92 Å². The highest BCUT2D eigenvalue weighted by atomic mass is 19.1. The fourth-order valence-electron chi connectivity index (χ4n) is 1.27. The highest BCUT2D eigenvalue weighted by Crippen LogP contribution is 2.23. The largest absolute Gasteiger partial charge is 0.390 e. The maximum absolute atomic E-state index is 13.3. The van der Waals surface area contributed by atoms with E-state index in [1.165, 1.54) is 0 Å². The molecule has 0 saturated carbocycles. The Morgan fingerprint density at radius 2 is 1.93 bits per heavy atom. The summed E-state index contributed by atoms with van der Waals surface area (Å²) in [5.41, 5.74) is -0.803. The van der Waals surface area contributed by atoms with Gasteiger partial charge in [-0.1, -0.05) is 13.8 Å². The summed E-state index contributed by atoms with van der Waals surface area (Å²) in [5, 5.41) is 9.97. The van der Waals surface area contributed by atoms with E-state index >= 15 is 0 Å². The van der Waals surface area contributed by atoms with Crippen molar-refractivity contribution in [1.29, 1.82) is 0 Å². The average molecular weight is 214 g/mol. The molecule has 0 aliphatic rings. The average Bonchev–Trinajstić information content (AvgIpc) is 2.10. The quantitative estimate of drug-likeness (QED) is 0.820. The summed E-state index contributed by atoms with van der Waals surface area (Å²) in [5.74, 6) is -0.969. The maximum atomic E-state index is 13.3. The van der Waals surface area contributed by atoms with Gasteiger partial charge in [0, 0.05) is 6.42 Å². The Hall–Kier alpha value is -0.960. The van der Waals surface area contributed by atoms with E-state index in [4.69, 9.17) is 0 Å². The SMILES string of the molecule is CC(C)C(C)(O)Cc1cc(F)ccc1F. The highest BCUT2D eigenvalue weighted by molar-refractivity contribution is 5.20. The van der Waals surface area contributed by atoms with Gasteiger partial charge >= 0.3 is 0 Å². The minimum Gasteiger partial charge on any atom is -0.390 e. The van der Waals surface area contributed by atoms with Crippen LogP contribution in [0.4, 0.5) is 8.78 Å². The van der Waals surface area contributed by atoms with Gasteiger partial charge < -0.3 is 5.11 Å². The van der Waals surface area contributed by atoms with Crippen LogP contribution in [0.2, 0.25) is 0 Å². The summed E-state index contributed by atoms with van der Waals surface area (Å²) >= 11 is 0. The minimum absolute atomic E-state index is 0.0137. The van der Waals surface area contributed by atoms with Gasteiger partial charge in [0.2, 0.25) is 0 Å². The number of hydrogen-bond donors (Lipinski definition) is 1. The number of hydrogen-bond acceptors (Lipinski definition) is 1. The van der Waals surface area contributed by atoms with Gasteiger partial charge in [0.1, 0.15) is 11.6 Å². The van der Waals surface area contributed by atoms with E-state index in [9.17, 15) is 13.9 Å². The van der Waals surface area contributed by atoms with E-state index in [-0.39, 0.29) is 17.9 Å². The lowest BCUT2D eigenvalue weighted by Crippen LogP contribution is -2.33. The molecule has 84 valence electrons. The molecule has 0 spiro atoms. The Bertz CT molecular complexity index is 345. The lowest BCUT2D eigenvalue weighted by molar-refractivity contribution is 0.0132. The number of halogens is 2. The van der Waals surface area contributed by atoms with Crippen LogP contribution in [0.1, 0.15) is 26.3 Å². The second-order valence-corrected chi connectivity index (χ2v) is 4.42. The molecule has 0 aliphatic carbocycles. The summed E-state index contributed by atoms with van der Waals surface area (Å²) in [7, 11) is 0.